The number of hydrogen-bond donors (Lipinski definition) is 3. The van der Waals surface area contributed by atoms with E-state index in [1.807, 2.05) is 10.7 Å². The van der Waals surface area contributed by atoms with Gasteiger partial charge in [0.15, 0.2) is 0 Å². The highest BCUT2D eigenvalue weighted by Gasteiger charge is 2.12. The molecule has 2 rings (SSSR count). The van der Waals surface area contributed by atoms with E-state index in [0.717, 1.165) is 24.9 Å². The standard InChI is InChI=1S/C15H23N5/c1-12(7-6-10-13-8-4-3-5-9-13)20-15(16)14(11-18-20)19-17-2/h3-5,8-9,11-12,17,19H,6-7,10,16H2,1-2H3. The molecule has 0 saturated carbocycles. The second kappa shape index (κ2) is 6.96. The van der Waals surface area contributed by atoms with Crippen molar-refractivity contribution in [1.29, 1.82) is 0 Å². The number of nitrogens with zero attached hydrogens (tertiary/aromatic N) is 2. The molecule has 0 aliphatic rings. The van der Waals surface area contributed by atoms with Crippen LogP contribution < -0.4 is 16.6 Å². The van der Waals surface area contributed by atoms with Gasteiger partial charge in [0.2, 0.25) is 0 Å². The maximum Gasteiger partial charge on any atom is 0.146 e. The number of nitrogen functional groups attached to an aromatic ring is 1. The minimum atomic E-state index is 0.297. The van der Waals surface area contributed by atoms with Crippen molar-refractivity contribution in [3.8, 4) is 0 Å². The molecule has 5 heteroatoms. The Morgan fingerprint density at radius 2 is 2.05 bits per heavy atom. The van der Waals surface area contributed by atoms with Crippen LogP contribution in [0.15, 0.2) is 36.5 Å². The van der Waals surface area contributed by atoms with Crippen LogP contribution in [0.25, 0.3) is 0 Å². The smallest absolute Gasteiger partial charge is 0.146 e. The molecule has 0 radical (unpaired) electrons. The number of rotatable bonds is 7. The van der Waals surface area contributed by atoms with Gasteiger partial charge in [0, 0.05) is 7.05 Å². The summed E-state index contributed by atoms with van der Waals surface area (Å²) >= 11 is 0. The highest BCUT2D eigenvalue weighted by atomic mass is 15.4. The average Bonchev–Trinajstić information content (AvgIpc) is 2.82. The van der Waals surface area contributed by atoms with E-state index < -0.39 is 0 Å². The van der Waals surface area contributed by atoms with E-state index in [-0.39, 0.29) is 0 Å². The third-order valence-corrected chi connectivity index (χ3v) is 3.44. The van der Waals surface area contributed by atoms with Crippen LogP contribution in [-0.2, 0) is 6.42 Å². The molecule has 0 aliphatic heterocycles. The van der Waals surface area contributed by atoms with Crippen molar-refractivity contribution >= 4 is 11.5 Å². The van der Waals surface area contributed by atoms with E-state index in [1.165, 1.54) is 5.56 Å². The van der Waals surface area contributed by atoms with E-state index in [0.29, 0.717) is 11.9 Å². The molecule has 1 unspecified atom stereocenters. The molecule has 2 aromatic rings. The lowest BCUT2D eigenvalue weighted by atomic mass is 10.1. The van der Waals surface area contributed by atoms with E-state index in [9.17, 15) is 0 Å². The number of aromatic nitrogens is 2. The summed E-state index contributed by atoms with van der Waals surface area (Å²) in [5.41, 5.74) is 14.1. The van der Waals surface area contributed by atoms with Crippen LogP contribution in [0.3, 0.4) is 0 Å². The van der Waals surface area contributed by atoms with Crippen molar-refractivity contribution in [3.05, 3.63) is 42.1 Å². The highest BCUT2D eigenvalue weighted by molar-refractivity contribution is 5.60. The van der Waals surface area contributed by atoms with Gasteiger partial charge in [0.1, 0.15) is 11.5 Å². The average molecular weight is 273 g/mol. The summed E-state index contributed by atoms with van der Waals surface area (Å²) < 4.78 is 1.88. The normalized spacial score (nSPS) is 12.3. The Morgan fingerprint density at radius 1 is 1.30 bits per heavy atom. The molecule has 0 saturated heterocycles. The molecule has 20 heavy (non-hydrogen) atoms. The first kappa shape index (κ1) is 14.4. The van der Waals surface area contributed by atoms with Gasteiger partial charge in [0.25, 0.3) is 0 Å². The van der Waals surface area contributed by atoms with Gasteiger partial charge in [-0.3, -0.25) is 0 Å². The largest absolute Gasteiger partial charge is 0.382 e. The summed E-state index contributed by atoms with van der Waals surface area (Å²) in [6.45, 7) is 2.15. The molecular weight excluding hydrogens is 250 g/mol. The number of aryl methyl sites for hydroxylation is 1. The zero-order chi connectivity index (χ0) is 14.4. The van der Waals surface area contributed by atoms with Gasteiger partial charge in [-0.25, -0.2) is 10.1 Å². The molecule has 1 aromatic heterocycles. The molecule has 0 aliphatic carbocycles. The number of hydrogen-bond acceptors (Lipinski definition) is 4. The number of anilines is 2. The van der Waals surface area contributed by atoms with Crippen molar-refractivity contribution in [3.63, 3.8) is 0 Å². The zero-order valence-corrected chi connectivity index (χ0v) is 12.1. The van der Waals surface area contributed by atoms with Gasteiger partial charge in [-0.15, -0.1) is 0 Å². The zero-order valence-electron chi connectivity index (χ0n) is 12.1. The topological polar surface area (TPSA) is 67.9 Å². The Balaban J connectivity index is 1.87. The van der Waals surface area contributed by atoms with E-state index in [4.69, 9.17) is 5.73 Å². The lowest BCUT2D eigenvalue weighted by Crippen LogP contribution is -2.17. The summed E-state index contributed by atoms with van der Waals surface area (Å²) in [4.78, 5) is 0. The van der Waals surface area contributed by atoms with Gasteiger partial charge in [0.05, 0.1) is 12.2 Å². The fourth-order valence-corrected chi connectivity index (χ4v) is 2.32. The SMILES string of the molecule is CNNc1cnn(C(C)CCCc2ccccc2)c1N. The number of benzene rings is 1. The lowest BCUT2D eigenvalue weighted by molar-refractivity contribution is 0.452. The molecule has 1 aromatic carbocycles. The van der Waals surface area contributed by atoms with Crippen molar-refractivity contribution in [2.24, 2.45) is 0 Å². The third kappa shape index (κ3) is 3.51. The van der Waals surface area contributed by atoms with Crippen LogP contribution in [0.4, 0.5) is 11.5 Å². The number of hydrazine groups is 1. The quantitative estimate of drug-likeness (QED) is 0.678. The monoisotopic (exact) mass is 273 g/mol. The van der Waals surface area contributed by atoms with Crippen molar-refractivity contribution < 1.29 is 0 Å². The summed E-state index contributed by atoms with van der Waals surface area (Å²) in [6, 6.07) is 10.8. The first-order chi connectivity index (χ1) is 9.72. The first-order valence-electron chi connectivity index (χ1n) is 7.02. The van der Waals surface area contributed by atoms with Crippen LogP contribution >= 0.6 is 0 Å². The molecule has 5 nitrogen and oxygen atoms in total. The van der Waals surface area contributed by atoms with Crippen molar-refractivity contribution in [2.75, 3.05) is 18.2 Å². The van der Waals surface area contributed by atoms with Crippen LogP contribution in [0.1, 0.15) is 31.4 Å². The van der Waals surface area contributed by atoms with Crippen LogP contribution in [0.5, 0.6) is 0 Å². The van der Waals surface area contributed by atoms with E-state index in [1.54, 1.807) is 13.2 Å². The van der Waals surface area contributed by atoms with Crippen molar-refractivity contribution in [1.82, 2.24) is 15.2 Å². The van der Waals surface area contributed by atoms with Gasteiger partial charge in [-0.2, -0.15) is 5.10 Å². The van der Waals surface area contributed by atoms with Crippen LogP contribution in [0, 0.1) is 0 Å². The Kier molecular flexibility index (Phi) is 5.01. The maximum atomic E-state index is 6.07. The first-order valence-corrected chi connectivity index (χ1v) is 7.02. The van der Waals surface area contributed by atoms with Gasteiger partial charge < -0.3 is 11.2 Å². The second-order valence-electron chi connectivity index (χ2n) is 4.99. The molecule has 4 N–H and O–H groups in total. The fraction of sp³-hybridized carbons (Fsp3) is 0.400. The van der Waals surface area contributed by atoms with Crippen molar-refractivity contribution in [2.45, 2.75) is 32.2 Å². The number of nitrogens with one attached hydrogen (secondary N) is 2. The molecule has 0 spiro atoms. The predicted molar refractivity (Wildman–Crippen MR) is 83.4 cm³/mol. The molecular formula is C15H23N5. The third-order valence-electron chi connectivity index (χ3n) is 3.44. The van der Waals surface area contributed by atoms with Gasteiger partial charge in [-0.1, -0.05) is 30.3 Å². The number of nitrogens with two attached hydrogens (primary N) is 1. The molecule has 0 amide bonds. The molecule has 0 fully saturated rings. The summed E-state index contributed by atoms with van der Waals surface area (Å²) in [5.74, 6) is 0.673. The molecule has 0 bridgehead atoms. The summed E-state index contributed by atoms with van der Waals surface area (Å²) in [6.07, 6.45) is 5.02. The summed E-state index contributed by atoms with van der Waals surface area (Å²) in [5, 5.41) is 4.35. The highest BCUT2D eigenvalue weighted by Crippen LogP contribution is 2.23. The second-order valence-corrected chi connectivity index (χ2v) is 4.99. The van der Waals surface area contributed by atoms with Gasteiger partial charge >= 0.3 is 0 Å². The Labute approximate surface area is 120 Å². The molecule has 1 atom stereocenters. The molecule has 108 valence electrons. The Bertz CT molecular complexity index is 520. The maximum absolute atomic E-state index is 6.07. The Morgan fingerprint density at radius 3 is 2.75 bits per heavy atom. The van der Waals surface area contributed by atoms with Crippen LogP contribution in [-0.4, -0.2) is 16.8 Å². The van der Waals surface area contributed by atoms with E-state index in [2.05, 4.69) is 47.1 Å². The molecule has 1 heterocycles. The van der Waals surface area contributed by atoms with Crippen LogP contribution in [0.2, 0.25) is 0 Å². The lowest BCUT2D eigenvalue weighted by Gasteiger charge is -2.14. The predicted octanol–water partition coefficient (Wildman–Crippen LogP) is 2.60. The minimum absolute atomic E-state index is 0.297. The fourth-order valence-electron chi connectivity index (χ4n) is 2.32. The summed E-state index contributed by atoms with van der Waals surface area (Å²) in [7, 11) is 1.81. The van der Waals surface area contributed by atoms with E-state index >= 15 is 0 Å². The Hall–Kier alpha value is -2.01. The minimum Gasteiger partial charge on any atom is -0.382 e. The van der Waals surface area contributed by atoms with Gasteiger partial charge in [-0.05, 0) is 31.7 Å².